The van der Waals surface area contributed by atoms with Crippen LogP contribution in [-0.2, 0) is 21.3 Å². The maximum atomic E-state index is 12.1. The van der Waals surface area contributed by atoms with Gasteiger partial charge in [-0.05, 0) is 38.5 Å². The molecule has 0 unspecified atom stereocenters. The average molecular weight is 398 g/mol. The van der Waals surface area contributed by atoms with E-state index in [1.165, 1.54) is 12.1 Å². The summed E-state index contributed by atoms with van der Waals surface area (Å²) in [6.45, 7) is 7.81. The molecule has 0 aliphatic carbocycles. The lowest BCUT2D eigenvalue weighted by atomic mass is 10.2. The number of nitrogens with zero attached hydrogens (tertiary/aromatic N) is 3. The molecular formula is C17H27N5O4S. The molecule has 1 fully saturated rings. The molecule has 1 heterocycles. The Morgan fingerprint density at radius 1 is 1.19 bits per heavy atom. The molecule has 1 aromatic rings. The van der Waals surface area contributed by atoms with Gasteiger partial charge in [-0.25, -0.2) is 23.3 Å². The average Bonchev–Trinajstić information content (AvgIpc) is 2.58. The minimum atomic E-state index is -3.75. The summed E-state index contributed by atoms with van der Waals surface area (Å²) in [4.78, 5) is 20.0. The third-order valence-electron chi connectivity index (χ3n) is 3.91. The minimum Gasteiger partial charge on any atom is -0.444 e. The van der Waals surface area contributed by atoms with Crippen molar-refractivity contribution in [2.24, 2.45) is 15.9 Å². The number of ether oxygens (including phenoxy) is 1. The normalized spacial score (nSPS) is 16.4. The zero-order valence-corrected chi connectivity index (χ0v) is 16.7. The van der Waals surface area contributed by atoms with E-state index in [2.05, 4.69) is 4.99 Å². The zero-order chi connectivity index (χ0) is 20.2. The first-order valence-corrected chi connectivity index (χ1v) is 10.1. The van der Waals surface area contributed by atoms with Gasteiger partial charge in [0.05, 0.1) is 11.4 Å². The van der Waals surface area contributed by atoms with Crippen molar-refractivity contribution >= 4 is 22.1 Å². The number of hydrogen-bond donors (Lipinski definition) is 2. The molecule has 0 aromatic heterocycles. The molecule has 27 heavy (non-hydrogen) atoms. The number of amides is 1. The maximum Gasteiger partial charge on any atom is 0.410 e. The molecule has 1 amide bonds. The first kappa shape index (κ1) is 21.0. The summed E-state index contributed by atoms with van der Waals surface area (Å²) >= 11 is 0. The van der Waals surface area contributed by atoms with Gasteiger partial charge in [0.2, 0.25) is 10.0 Å². The molecule has 2 rings (SSSR count). The number of primary sulfonamides is 1. The van der Waals surface area contributed by atoms with Crippen molar-refractivity contribution in [3.8, 4) is 0 Å². The highest BCUT2D eigenvalue weighted by Gasteiger charge is 2.26. The quantitative estimate of drug-likeness (QED) is 0.570. The summed E-state index contributed by atoms with van der Waals surface area (Å²) in [5.41, 5.74) is 6.21. The molecule has 1 aliphatic heterocycles. The topological polar surface area (TPSA) is 131 Å². The SMILES string of the molecule is CC(C)(C)OC(=O)N1CCN(C(N)=NCc2cccc(S(N)(=O)=O)c2)CC1. The van der Waals surface area contributed by atoms with Gasteiger partial charge in [0.1, 0.15) is 5.60 Å². The highest BCUT2D eigenvalue weighted by atomic mass is 32.2. The number of carbonyl (C=O) groups excluding carboxylic acids is 1. The third-order valence-corrected chi connectivity index (χ3v) is 4.82. The van der Waals surface area contributed by atoms with Crippen molar-refractivity contribution < 1.29 is 17.9 Å². The van der Waals surface area contributed by atoms with Gasteiger partial charge in [0.25, 0.3) is 0 Å². The molecular weight excluding hydrogens is 370 g/mol. The van der Waals surface area contributed by atoms with Crippen LogP contribution in [0.25, 0.3) is 0 Å². The van der Waals surface area contributed by atoms with E-state index in [1.54, 1.807) is 17.0 Å². The van der Waals surface area contributed by atoms with Gasteiger partial charge in [-0.15, -0.1) is 0 Å². The molecule has 0 radical (unpaired) electrons. The fourth-order valence-electron chi connectivity index (χ4n) is 2.54. The highest BCUT2D eigenvalue weighted by molar-refractivity contribution is 7.89. The van der Waals surface area contributed by atoms with Crippen LogP contribution >= 0.6 is 0 Å². The van der Waals surface area contributed by atoms with Crippen molar-refractivity contribution in [3.63, 3.8) is 0 Å². The van der Waals surface area contributed by atoms with Crippen LogP contribution in [-0.4, -0.2) is 62.1 Å². The second-order valence-electron chi connectivity index (χ2n) is 7.32. The lowest BCUT2D eigenvalue weighted by Crippen LogP contribution is -2.53. The molecule has 1 aromatic carbocycles. The Hall–Kier alpha value is -2.33. The van der Waals surface area contributed by atoms with Crippen LogP contribution < -0.4 is 10.9 Å². The lowest BCUT2D eigenvalue weighted by Gasteiger charge is -2.36. The monoisotopic (exact) mass is 397 g/mol. The van der Waals surface area contributed by atoms with Crippen LogP contribution in [0.2, 0.25) is 0 Å². The molecule has 1 aliphatic rings. The van der Waals surface area contributed by atoms with E-state index in [0.717, 1.165) is 0 Å². The molecule has 10 heteroatoms. The largest absolute Gasteiger partial charge is 0.444 e. The zero-order valence-electron chi connectivity index (χ0n) is 15.9. The van der Waals surface area contributed by atoms with Crippen LogP contribution in [0, 0.1) is 0 Å². The minimum absolute atomic E-state index is 0.0414. The number of nitrogens with two attached hydrogens (primary N) is 2. The number of benzene rings is 1. The van der Waals surface area contributed by atoms with E-state index in [0.29, 0.717) is 37.7 Å². The van der Waals surface area contributed by atoms with Crippen molar-refractivity contribution in [3.05, 3.63) is 29.8 Å². The Morgan fingerprint density at radius 3 is 2.33 bits per heavy atom. The second kappa shape index (κ2) is 8.13. The van der Waals surface area contributed by atoms with Crippen LogP contribution in [0.15, 0.2) is 34.2 Å². The summed E-state index contributed by atoms with van der Waals surface area (Å²) in [5.74, 6) is 0.347. The summed E-state index contributed by atoms with van der Waals surface area (Å²) in [6.07, 6.45) is -0.336. The smallest absolute Gasteiger partial charge is 0.410 e. The lowest BCUT2D eigenvalue weighted by molar-refractivity contribution is 0.0186. The first-order chi connectivity index (χ1) is 12.5. The number of sulfonamides is 1. The summed E-state index contributed by atoms with van der Waals surface area (Å²) in [6, 6.07) is 6.28. The highest BCUT2D eigenvalue weighted by Crippen LogP contribution is 2.13. The molecule has 0 saturated carbocycles. The van der Waals surface area contributed by atoms with Gasteiger partial charge in [0.15, 0.2) is 5.96 Å². The first-order valence-electron chi connectivity index (χ1n) is 8.60. The molecule has 1 saturated heterocycles. The fourth-order valence-corrected chi connectivity index (χ4v) is 3.12. The van der Waals surface area contributed by atoms with Crippen LogP contribution in [0.3, 0.4) is 0 Å². The van der Waals surface area contributed by atoms with Gasteiger partial charge in [-0.1, -0.05) is 12.1 Å². The summed E-state index contributed by atoms with van der Waals surface area (Å²) < 4.78 is 28.2. The van der Waals surface area contributed by atoms with Crippen molar-refractivity contribution in [2.45, 2.75) is 37.8 Å². The number of rotatable bonds is 3. The summed E-state index contributed by atoms with van der Waals surface area (Å²) in [7, 11) is -3.75. The van der Waals surface area contributed by atoms with E-state index < -0.39 is 15.6 Å². The van der Waals surface area contributed by atoms with Crippen molar-refractivity contribution in [1.82, 2.24) is 9.80 Å². The second-order valence-corrected chi connectivity index (χ2v) is 8.88. The Balaban J connectivity index is 1.92. The Labute approximate surface area is 160 Å². The predicted molar refractivity (Wildman–Crippen MR) is 103 cm³/mol. The number of hydrogen-bond acceptors (Lipinski definition) is 5. The van der Waals surface area contributed by atoms with Gasteiger partial charge < -0.3 is 20.3 Å². The van der Waals surface area contributed by atoms with Crippen molar-refractivity contribution in [1.29, 1.82) is 0 Å². The third kappa shape index (κ3) is 6.40. The predicted octanol–water partition coefficient (Wildman–Crippen LogP) is 0.701. The maximum absolute atomic E-state index is 12.1. The Morgan fingerprint density at radius 2 is 1.78 bits per heavy atom. The molecule has 0 spiro atoms. The van der Waals surface area contributed by atoms with Crippen LogP contribution in [0.4, 0.5) is 4.79 Å². The van der Waals surface area contributed by atoms with E-state index in [-0.39, 0.29) is 17.5 Å². The van der Waals surface area contributed by atoms with Gasteiger partial charge in [0, 0.05) is 26.2 Å². The number of piperazine rings is 1. The van der Waals surface area contributed by atoms with Crippen LogP contribution in [0.5, 0.6) is 0 Å². The number of carbonyl (C=O) groups is 1. The molecule has 150 valence electrons. The summed E-state index contributed by atoms with van der Waals surface area (Å²) in [5, 5.41) is 5.14. The van der Waals surface area contributed by atoms with Crippen LogP contribution in [0.1, 0.15) is 26.3 Å². The van der Waals surface area contributed by atoms with Gasteiger partial charge in [-0.3, -0.25) is 0 Å². The Kier molecular flexibility index (Phi) is 6.32. The molecule has 9 nitrogen and oxygen atoms in total. The Bertz CT molecular complexity index is 809. The van der Waals surface area contributed by atoms with E-state index in [1.807, 2.05) is 25.7 Å². The molecule has 4 N–H and O–H groups in total. The molecule has 0 atom stereocenters. The molecule has 0 bridgehead atoms. The fraction of sp³-hybridized carbons (Fsp3) is 0.529. The van der Waals surface area contributed by atoms with E-state index in [9.17, 15) is 13.2 Å². The van der Waals surface area contributed by atoms with E-state index >= 15 is 0 Å². The number of aliphatic imine (C=N–C) groups is 1. The van der Waals surface area contributed by atoms with E-state index in [4.69, 9.17) is 15.6 Å². The van der Waals surface area contributed by atoms with Gasteiger partial charge >= 0.3 is 6.09 Å². The van der Waals surface area contributed by atoms with Crippen molar-refractivity contribution in [2.75, 3.05) is 26.2 Å². The van der Waals surface area contributed by atoms with Gasteiger partial charge in [-0.2, -0.15) is 0 Å². The standard InChI is InChI=1S/C17H27N5O4S/c1-17(2,3)26-16(23)22-9-7-21(8-10-22)15(18)20-12-13-5-4-6-14(11-13)27(19,24)25/h4-6,11H,7-10,12H2,1-3H3,(H2,18,20)(H2,19,24,25). The number of guanidine groups is 1.